The Morgan fingerprint density at radius 1 is 1.40 bits per heavy atom. The van der Waals surface area contributed by atoms with Gasteiger partial charge in [-0.1, -0.05) is 12.1 Å². The molecule has 0 aliphatic heterocycles. The molecule has 0 atom stereocenters. The maximum atomic E-state index is 11.5. The van der Waals surface area contributed by atoms with Gasteiger partial charge < -0.3 is 15.2 Å². The van der Waals surface area contributed by atoms with Gasteiger partial charge in [-0.05, 0) is 19.1 Å². The highest BCUT2D eigenvalue weighted by Gasteiger charge is 2.11. The minimum atomic E-state index is -0.386. The second kappa shape index (κ2) is 6.91. The summed E-state index contributed by atoms with van der Waals surface area (Å²) in [5.41, 5.74) is 6.74. The number of nitrogens with zero attached hydrogens (tertiary/aromatic N) is 1. The molecule has 0 unspecified atom stereocenters. The van der Waals surface area contributed by atoms with Crippen LogP contribution >= 0.6 is 11.3 Å². The molecular formula is C14H16N2O3S. The summed E-state index contributed by atoms with van der Waals surface area (Å²) in [6.45, 7) is 2.58. The van der Waals surface area contributed by atoms with Crippen molar-refractivity contribution in [2.75, 3.05) is 18.9 Å². The van der Waals surface area contributed by atoms with E-state index in [4.69, 9.17) is 15.2 Å². The molecule has 0 saturated heterocycles. The zero-order valence-electron chi connectivity index (χ0n) is 11.2. The molecule has 0 radical (unpaired) electrons. The molecule has 0 bridgehead atoms. The molecule has 0 aliphatic carbocycles. The first-order valence-corrected chi connectivity index (χ1v) is 7.17. The van der Waals surface area contributed by atoms with Crippen LogP contribution in [0.4, 0.5) is 5.69 Å². The molecule has 1 aromatic heterocycles. The van der Waals surface area contributed by atoms with Crippen molar-refractivity contribution in [2.45, 2.75) is 13.3 Å². The molecular weight excluding hydrogens is 276 g/mol. The molecule has 0 spiro atoms. The number of ether oxygens (including phenoxy) is 2. The lowest BCUT2D eigenvalue weighted by Crippen LogP contribution is -2.06. The number of esters is 1. The molecule has 20 heavy (non-hydrogen) atoms. The third-order valence-corrected chi connectivity index (χ3v) is 3.44. The highest BCUT2D eigenvalue weighted by molar-refractivity contribution is 7.09. The standard InChI is InChI=1S/C14H16N2O3S/c1-2-18-14(17)11-9-20-13(16-11)7-8-19-12-6-4-3-5-10(12)15/h3-6,9H,2,7-8,15H2,1H3. The molecule has 0 saturated carbocycles. The average Bonchev–Trinajstić information content (AvgIpc) is 2.90. The van der Waals surface area contributed by atoms with E-state index >= 15 is 0 Å². The smallest absolute Gasteiger partial charge is 0.357 e. The Labute approximate surface area is 121 Å². The van der Waals surface area contributed by atoms with E-state index in [2.05, 4.69) is 4.98 Å². The number of nitrogen functional groups attached to an aromatic ring is 1. The van der Waals surface area contributed by atoms with Gasteiger partial charge in [0.05, 0.1) is 23.9 Å². The van der Waals surface area contributed by atoms with Crippen molar-refractivity contribution in [3.8, 4) is 5.75 Å². The first-order chi connectivity index (χ1) is 9.70. The number of carbonyl (C=O) groups is 1. The van der Waals surface area contributed by atoms with Crippen LogP contribution in [0.3, 0.4) is 0 Å². The second-order valence-corrected chi connectivity index (χ2v) is 4.93. The fourth-order valence-electron chi connectivity index (χ4n) is 1.58. The number of para-hydroxylation sites is 2. The number of hydrogen-bond donors (Lipinski definition) is 1. The summed E-state index contributed by atoms with van der Waals surface area (Å²) in [6, 6.07) is 7.33. The highest BCUT2D eigenvalue weighted by atomic mass is 32.1. The van der Waals surface area contributed by atoms with Crippen molar-refractivity contribution in [1.29, 1.82) is 0 Å². The quantitative estimate of drug-likeness (QED) is 0.654. The van der Waals surface area contributed by atoms with Gasteiger partial charge in [-0.25, -0.2) is 9.78 Å². The molecule has 0 fully saturated rings. The Morgan fingerprint density at radius 3 is 2.95 bits per heavy atom. The van der Waals surface area contributed by atoms with Gasteiger partial charge in [0.25, 0.3) is 0 Å². The van der Waals surface area contributed by atoms with E-state index in [1.807, 2.05) is 18.2 Å². The number of rotatable bonds is 6. The van der Waals surface area contributed by atoms with Gasteiger partial charge in [-0.15, -0.1) is 11.3 Å². The van der Waals surface area contributed by atoms with Gasteiger partial charge >= 0.3 is 5.97 Å². The van der Waals surface area contributed by atoms with Gasteiger partial charge in [0, 0.05) is 11.8 Å². The van der Waals surface area contributed by atoms with E-state index < -0.39 is 0 Å². The van der Waals surface area contributed by atoms with Gasteiger partial charge in [-0.2, -0.15) is 0 Å². The molecule has 6 heteroatoms. The van der Waals surface area contributed by atoms with Crippen LogP contribution in [0, 0.1) is 0 Å². The predicted octanol–water partition coefficient (Wildman–Crippen LogP) is 2.52. The van der Waals surface area contributed by atoms with Crippen LogP contribution in [-0.4, -0.2) is 24.2 Å². The predicted molar refractivity (Wildman–Crippen MR) is 78.1 cm³/mol. The minimum Gasteiger partial charge on any atom is -0.491 e. The van der Waals surface area contributed by atoms with Gasteiger partial charge in [0.2, 0.25) is 0 Å². The number of carbonyl (C=O) groups excluding carboxylic acids is 1. The lowest BCUT2D eigenvalue weighted by Gasteiger charge is -2.07. The van der Waals surface area contributed by atoms with Crippen LogP contribution in [0.1, 0.15) is 22.4 Å². The Kier molecular flexibility index (Phi) is 4.95. The number of nitrogens with two attached hydrogens (primary N) is 1. The summed E-state index contributed by atoms with van der Waals surface area (Å²) >= 11 is 1.42. The van der Waals surface area contributed by atoms with Crippen LogP contribution in [0.5, 0.6) is 5.75 Å². The first-order valence-electron chi connectivity index (χ1n) is 6.29. The minimum absolute atomic E-state index is 0.349. The molecule has 106 valence electrons. The Balaban J connectivity index is 1.86. The molecule has 1 heterocycles. The molecule has 2 rings (SSSR count). The van der Waals surface area contributed by atoms with Crippen molar-refractivity contribution in [1.82, 2.24) is 4.98 Å². The lowest BCUT2D eigenvalue weighted by atomic mass is 10.3. The molecule has 2 aromatic rings. The number of benzene rings is 1. The van der Waals surface area contributed by atoms with Crippen molar-refractivity contribution >= 4 is 23.0 Å². The van der Waals surface area contributed by atoms with Crippen molar-refractivity contribution in [3.63, 3.8) is 0 Å². The zero-order valence-corrected chi connectivity index (χ0v) is 12.0. The van der Waals surface area contributed by atoms with E-state index in [1.54, 1.807) is 18.4 Å². The van der Waals surface area contributed by atoms with Crippen LogP contribution in [0.15, 0.2) is 29.6 Å². The fourth-order valence-corrected chi connectivity index (χ4v) is 2.33. The lowest BCUT2D eigenvalue weighted by molar-refractivity contribution is 0.0520. The van der Waals surface area contributed by atoms with Crippen LogP contribution in [-0.2, 0) is 11.2 Å². The number of thiazole rings is 1. The number of anilines is 1. The molecule has 0 amide bonds. The van der Waals surface area contributed by atoms with Crippen molar-refractivity contribution < 1.29 is 14.3 Å². The van der Waals surface area contributed by atoms with E-state index in [1.165, 1.54) is 11.3 Å². The molecule has 1 aromatic carbocycles. The largest absolute Gasteiger partial charge is 0.491 e. The summed E-state index contributed by atoms with van der Waals surface area (Å²) in [4.78, 5) is 15.7. The first kappa shape index (κ1) is 14.3. The van der Waals surface area contributed by atoms with E-state index in [-0.39, 0.29) is 5.97 Å². The zero-order chi connectivity index (χ0) is 14.4. The molecule has 2 N–H and O–H groups in total. The van der Waals surface area contributed by atoms with Crippen LogP contribution in [0.2, 0.25) is 0 Å². The number of hydrogen-bond acceptors (Lipinski definition) is 6. The van der Waals surface area contributed by atoms with Gasteiger partial charge in [0.1, 0.15) is 5.75 Å². The second-order valence-electron chi connectivity index (χ2n) is 3.98. The topological polar surface area (TPSA) is 74.4 Å². The SMILES string of the molecule is CCOC(=O)c1csc(CCOc2ccccc2N)n1. The van der Waals surface area contributed by atoms with Crippen LogP contribution in [0.25, 0.3) is 0 Å². The summed E-state index contributed by atoms with van der Waals surface area (Å²) in [5, 5.41) is 2.53. The summed E-state index contributed by atoms with van der Waals surface area (Å²) in [7, 11) is 0. The normalized spacial score (nSPS) is 10.2. The Hall–Kier alpha value is -2.08. The maximum Gasteiger partial charge on any atom is 0.357 e. The summed E-state index contributed by atoms with van der Waals surface area (Å²) in [6.07, 6.45) is 0.623. The monoisotopic (exact) mass is 292 g/mol. The van der Waals surface area contributed by atoms with E-state index in [0.717, 1.165) is 5.01 Å². The maximum absolute atomic E-state index is 11.5. The Bertz CT molecular complexity index is 583. The fraction of sp³-hybridized carbons (Fsp3) is 0.286. The molecule has 5 nitrogen and oxygen atoms in total. The summed E-state index contributed by atoms with van der Waals surface area (Å²) in [5.74, 6) is 0.276. The van der Waals surface area contributed by atoms with Crippen LogP contribution < -0.4 is 10.5 Å². The molecule has 0 aliphatic rings. The van der Waals surface area contributed by atoms with Crippen molar-refractivity contribution in [2.24, 2.45) is 0 Å². The van der Waals surface area contributed by atoms with Gasteiger partial charge in [-0.3, -0.25) is 0 Å². The average molecular weight is 292 g/mol. The number of aromatic nitrogens is 1. The third-order valence-electron chi connectivity index (χ3n) is 2.53. The third kappa shape index (κ3) is 3.71. The highest BCUT2D eigenvalue weighted by Crippen LogP contribution is 2.20. The van der Waals surface area contributed by atoms with Gasteiger partial charge in [0.15, 0.2) is 5.69 Å². The van der Waals surface area contributed by atoms with E-state index in [0.29, 0.717) is 36.8 Å². The summed E-state index contributed by atoms with van der Waals surface area (Å²) < 4.78 is 10.5. The Morgan fingerprint density at radius 2 is 2.20 bits per heavy atom. The van der Waals surface area contributed by atoms with Crippen molar-refractivity contribution in [3.05, 3.63) is 40.3 Å². The van der Waals surface area contributed by atoms with E-state index in [9.17, 15) is 4.79 Å².